The Hall–Kier alpha value is -3.16. The molecule has 0 heterocycles. The number of anilines is 1. The minimum absolute atomic E-state index is 0.126. The van der Waals surface area contributed by atoms with Gasteiger partial charge < -0.3 is 10.1 Å². The van der Waals surface area contributed by atoms with Crippen molar-refractivity contribution in [3.05, 3.63) is 93.4 Å². The van der Waals surface area contributed by atoms with Gasteiger partial charge >= 0.3 is 0 Å². The van der Waals surface area contributed by atoms with Gasteiger partial charge in [-0.3, -0.25) is 9.59 Å². The monoisotopic (exact) mass is 485 g/mol. The fourth-order valence-electron chi connectivity index (χ4n) is 2.39. The molecule has 0 aliphatic rings. The maximum absolute atomic E-state index is 12.0. The molecule has 0 bridgehead atoms. The highest BCUT2D eigenvalue weighted by Gasteiger charge is 2.05. The number of nitrogens with one attached hydrogen (secondary N) is 2. The lowest BCUT2D eigenvalue weighted by atomic mass is 10.2. The second-order valence-corrected chi connectivity index (χ2v) is 7.47. The Morgan fingerprint density at radius 3 is 2.47 bits per heavy atom. The first kappa shape index (κ1) is 21.5. The van der Waals surface area contributed by atoms with Crippen LogP contribution in [0.25, 0.3) is 0 Å². The minimum atomic E-state index is -0.306. The first-order valence-electron chi connectivity index (χ1n) is 8.87. The molecule has 2 N–H and O–H groups in total. The van der Waals surface area contributed by atoms with Crippen molar-refractivity contribution in [2.75, 3.05) is 11.9 Å². The van der Waals surface area contributed by atoms with Gasteiger partial charge in [0, 0.05) is 20.7 Å². The average molecular weight is 487 g/mol. The highest BCUT2D eigenvalue weighted by molar-refractivity contribution is 9.10. The van der Waals surface area contributed by atoms with Crippen molar-refractivity contribution in [2.45, 2.75) is 0 Å². The van der Waals surface area contributed by atoms with Crippen LogP contribution in [0.5, 0.6) is 5.75 Å². The average Bonchev–Trinajstić information content (AvgIpc) is 2.75. The number of hydrogen-bond donors (Lipinski definition) is 2. The second-order valence-electron chi connectivity index (χ2n) is 6.12. The fourth-order valence-corrected chi connectivity index (χ4v) is 2.91. The van der Waals surface area contributed by atoms with Gasteiger partial charge in [-0.15, -0.1) is 0 Å². The first-order chi connectivity index (χ1) is 14.5. The predicted molar refractivity (Wildman–Crippen MR) is 121 cm³/mol. The highest BCUT2D eigenvalue weighted by Crippen LogP contribution is 2.14. The molecule has 152 valence electrons. The minimum Gasteiger partial charge on any atom is -0.484 e. The number of hydrogen-bond acceptors (Lipinski definition) is 4. The molecule has 0 aliphatic carbocycles. The molecule has 0 spiro atoms. The zero-order valence-electron chi connectivity index (χ0n) is 15.6. The number of rotatable bonds is 7. The van der Waals surface area contributed by atoms with E-state index in [1.165, 1.54) is 6.21 Å². The third-order valence-electron chi connectivity index (χ3n) is 3.84. The summed E-state index contributed by atoms with van der Waals surface area (Å²) in [5.41, 5.74) is 4.38. The second kappa shape index (κ2) is 10.6. The molecular formula is C22H17BrClN3O3. The maximum atomic E-state index is 12.0. The van der Waals surface area contributed by atoms with Crippen LogP contribution in [0.1, 0.15) is 15.9 Å². The highest BCUT2D eigenvalue weighted by atomic mass is 79.9. The summed E-state index contributed by atoms with van der Waals surface area (Å²) in [4.78, 5) is 24.0. The van der Waals surface area contributed by atoms with Crippen LogP contribution in [0.15, 0.2) is 82.4 Å². The summed E-state index contributed by atoms with van der Waals surface area (Å²) in [6.07, 6.45) is 1.52. The number of carbonyl (C=O) groups is 2. The number of nitrogens with zero attached hydrogens (tertiary/aromatic N) is 1. The predicted octanol–water partition coefficient (Wildman–Crippen LogP) is 4.88. The molecule has 0 saturated carbocycles. The van der Waals surface area contributed by atoms with Crippen molar-refractivity contribution >= 4 is 51.2 Å². The number of carbonyl (C=O) groups excluding carboxylic acids is 2. The van der Waals surface area contributed by atoms with E-state index in [0.717, 1.165) is 10.0 Å². The molecule has 30 heavy (non-hydrogen) atoms. The number of ether oxygens (including phenoxy) is 1. The van der Waals surface area contributed by atoms with Crippen molar-refractivity contribution < 1.29 is 14.3 Å². The quantitative estimate of drug-likeness (QED) is 0.369. The van der Waals surface area contributed by atoms with Crippen molar-refractivity contribution in [3.8, 4) is 5.75 Å². The van der Waals surface area contributed by atoms with Crippen LogP contribution in [0, 0.1) is 0 Å². The van der Waals surface area contributed by atoms with E-state index in [9.17, 15) is 9.59 Å². The Labute approximate surface area is 187 Å². The first-order valence-corrected chi connectivity index (χ1v) is 10.0. The van der Waals surface area contributed by atoms with Crippen LogP contribution in [-0.4, -0.2) is 24.6 Å². The summed E-state index contributed by atoms with van der Waals surface area (Å²) in [5.74, 6) is -0.0472. The Balaban J connectivity index is 1.46. The Morgan fingerprint density at radius 2 is 1.77 bits per heavy atom. The standard InChI is InChI=1S/C22H17BrClN3O3/c23-17-3-1-2-16(12-17)22(29)27-25-13-15-4-10-20(11-5-15)30-14-21(28)26-19-8-6-18(24)7-9-19/h1-13H,14H2,(H,26,28)(H,27,29)/b25-13-. The van der Waals surface area contributed by atoms with Crippen molar-refractivity contribution in [2.24, 2.45) is 5.10 Å². The Bertz CT molecular complexity index is 1050. The molecule has 0 unspecified atom stereocenters. The summed E-state index contributed by atoms with van der Waals surface area (Å²) in [5, 5.41) is 7.27. The summed E-state index contributed by atoms with van der Waals surface area (Å²) in [6, 6.07) is 20.8. The molecular weight excluding hydrogens is 470 g/mol. The molecule has 0 fully saturated rings. The lowest BCUT2D eigenvalue weighted by molar-refractivity contribution is -0.118. The van der Waals surface area contributed by atoms with Gasteiger partial charge in [-0.2, -0.15) is 5.10 Å². The fraction of sp³-hybridized carbons (Fsp3) is 0.0455. The normalized spacial score (nSPS) is 10.6. The van der Waals surface area contributed by atoms with E-state index in [4.69, 9.17) is 16.3 Å². The summed E-state index contributed by atoms with van der Waals surface area (Å²) in [7, 11) is 0. The maximum Gasteiger partial charge on any atom is 0.271 e. The number of benzene rings is 3. The lowest BCUT2D eigenvalue weighted by Gasteiger charge is -2.08. The van der Waals surface area contributed by atoms with E-state index < -0.39 is 0 Å². The lowest BCUT2D eigenvalue weighted by Crippen LogP contribution is -2.20. The summed E-state index contributed by atoms with van der Waals surface area (Å²) >= 11 is 9.14. The Kier molecular flexibility index (Phi) is 7.59. The molecule has 3 aromatic carbocycles. The van der Waals surface area contributed by atoms with Crippen LogP contribution in [-0.2, 0) is 4.79 Å². The topological polar surface area (TPSA) is 79.8 Å². The van der Waals surface area contributed by atoms with E-state index in [0.29, 0.717) is 22.0 Å². The van der Waals surface area contributed by atoms with Crippen LogP contribution in [0.2, 0.25) is 5.02 Å². The van der Waals surface area contributed by atoms with Crippen molar-refractivity contribution in [3.63, 3.8) is 0 Å². The molecule has 0 aliphatic heterocycles. The zero-order chi connectivity index (χ0) is 21.3. The molecule has 3 aromatic rings. The van der Waals surface area contributed by atoms with Crippen molar-refractivity contribution in [1.29, 1.82) is 0 Å². The molecule has 3 rings (SSSR count). The zero-order valence-corrected chi connectivity index (χ0v) is 18.0. The van der Waals surface area contributed by atoms with Gasteiger partial charge in [0.15, 0.2) is 6.61 Å². The van der Waals surface area contributed by atoms with Gasteiger partial charge in [-0.1, -0.05) is 33.6 Å². The van der Waals surface area contributed by atoms with Gasteiger partial charge in [0.25, 0.3) is 11.8 Å². The van der Waals surface area contributed by atoms with Crippen LogP contribution in [0.4, 0.5) is 5.69 Å². The molecule has 2 amide bonds. The van der Waals surface area contributed by atoms with Crippen molar-refractivity contribution in [1.82, 2.24) is 5.43 Å². The molecule has 0 aromatic heterocycles. The molecule has 0 saturated heterocycles. The third kappa shape index (κ3) is 6.72. The largest absolute Gasteiger partial charge is 0.484 e. The van der Waals surface area contributed by atoms with Gasteiger partial charge in [0.2, 0.25) is 0 Å². The van der Waals surface area contributed by atoms with Gasteiger partial charge in [0.05, 0.1) is 6.21 Å². The van der Waals surface area contributed by atoms with Gasteiger partial charge in [-0.05, 0) is 72.3 Å². The van der Waals surface area contributed by atoms with E-state index >= 15 is 0 Å². The van der Waals surface area contributed by atoms with E-state index in [-0.39, 0.29) is 18.4 Å². The molecule has 0 radical (unpaired) electrons. The van der Waals surface area contributed by atoms with E-state index in [1.807, 2.05) is 6.07 Å². The summed E-state index contributed by atoms with van der Waals surface area (Å²) in [6.45, 7) is -0.126. The Morgan fingerprint density at radius 1 is 1.03 bits per heavy atom. The third-order valence-corrected chi connectivity index (χ3v) is 4.59. The number of halogens is 2. The summed E-state index contributed by atoms with van der Waals surface area (Å²) < 4.78 is 6.29. The number of amides is 2. The van der Waals surface area contributed by atoms with E-state index in [1.54, 1.807) is 66.7 Å². The van der Waals surface area contributed by atoms with E-state index in [2.05, 4.69) is 31.8 Å². The number of hydrazone groups is 1. The van der Waals surface area contributed by atoms with Crippen LogP contribution >= 0.6 is 27.5 Å². The SMILES string of the molecule is O=C(COc1ccc(/C=N\NC(=O)c2cccc(Br)c2)cc1)Nc1ccc(Cl)cc1. The molecule has 6 nitrogen and oxygen atoms in total. The molecule has 0 atom stereocenters. The van der Waals surface area contributed by atoms with Gasteiger partial charge in [0.1, 0.15) is 5.75 Å². The molecule has 8 heteroatoms. The van der Waals surface area contributed by atoms with Crippen LogP contribution < -0.4 is 15.5 Å². The van der Waals surface area contributed by atoms with Gasteiger partial charge in [-0.25, -0.2) is 5.43 Å². The smallest absolute Gasteiger partial charge is 0.271 e. The van der Waals surface area contributed by atoms with Crippen LogP contribution in [0.3, 0.4) is 0 Å².